The summed E-state index contributed by atoms with van der Waals surface area (Å²) >= 11 is 0. The minimum atomic E-state index is -1.57. The van der Waals surface area contributed by atoms with Crippen LogP contribution >= 0.6 is 0 Å². The molecule has 0 aliphatic rings. The third-order valence-corrected chi connectivity index (χ3v) is 45.5. The molecular formula is C12H34OSi4. The van der Waals surface area contributed by atoms with Crippen LogP contribution in [-0.4, -0.2) is 30.9 Å². The van der Waals surface area contributed by atoms with E-state index in [1.807, 2.05) is 0 Å². The monoisotopic (exact) mass is 306 g/mol. The van der Waals surface area contributed by atoms with Crippen LogP contribution in [0.5, 0.6) is 0 Å². The Hall–Kier alpha value is 0.828. The van der Waals surface area contributed by atoms with Gasteiger partial charge in [-0.25, -0.2) is 0 Å². The first kappa shape index (κ1) is 17.8. The molecule has 0 unspecified atom stereocenters. The molecule has 0 heterocycles. The lowest BCUT2D eigenvalue weighted by Gasteiger charge is -2.55. The molecule has 17 heavy (non-hydrogen) atoms. The summed E-state index contributed by atoms with van der Waals surface area (Å²) in [5.74, 6) is 0. The highest BCUT2D eigenvalue weighted by Gasteiger charge is 2.59. The van der Waals surface area contributed by atoms with Crippen molar-refractivity contribution in [2.24, 2.45) is 0 Å². The van der Waals surface area contributed by atoms with Gasteiger partial charge in [-0.05, 0) is 25.2 Å². The van der Waals surface area contributed by atoms with Crippen LogP contribution in [0.3, 0.4) is 0 Å². The van der Waals surface area contributed by atoms with Crippen LogP contribution in [0.4, 0.5) is 0 Å². The third kappa shape index (κ3) is 3.89. The van der Waals surface area contributed by atoms with Gasteiger partial charge in [-0.3, -0.25) is 0 Å². The average molecular weight is 307 g/mol. The fourth-order valence-corrected chi connectivity index (χ4v) is 65.1. The van der Waals surface area contributed by atoms with Crippen LogP contribution in [0.2, 0.25) is 64.5 Å². The molecule has 0 aliphatic carbocycles. The van der Waals surface area contributed by atoms with Crippen LogP contribution in [0.1, 0.15) is 13.8 Å². The summed E-state index contributed by atoms with van der Waals surface area (Å²) in [6.07, 6.45) is 0. The van der Waals surface area contributed by atoms with Crippen molar-refractivity contribution < 1.29 is 4.12 Å². The van der Waals surface area contributed by atoms with Crippen molar-refractivity contribution in [1.82, 2.24) is 0 Å². The van der Waals surface area contributed by atoms with E-state index in [2.05, 4.69) is 72.8 Å². The van der Waals surface area contributed by atoms with Crippen molar-refractivity contribution in [2.75, 3.05) is 0 Å². The molecule has 0 saturated heterocycles. The van der Waals surface area contributed by atoms with Gasteiger partial charge in [0, 0.05) is 0 Å². The average Bonchev–Trinajstić information content (AvgIpc) is 1.92. The van der Waals surface area contributed by atoms with Gasteiger partial charge >= 0.3 is 0 Å². The summed E-state index contributed by atoms with van der Waals surface area (Å²) < 4.78 is 7.02. The van der Waals surface area contributed by atoms with E-state index in [9.17, 15) is 0 Å². The summed E-state index contributed by atoms with van der Waals surface area (Å²) in [6.45, 7) is 27.3. The fourth-order valence-electron chi connectivity index (χ4n) is 3.76. The topological polar surface area (TPSA) is 9.23 Å². The molecule has 1 nitrogen and oxygen atoms in total. The molecule has 0 aromatic rings. The molecular weight excluding hydrogens is 272 g/mol. The summed E-state index contributed by atoms with van der Waals surface area (Å²) in [5.41, 5.74) is 0.771. The Morgan fingerprint density at radius 1 is 0.647 bits per heavy atom. The van der Waals surface area contributed by atoms with Crippen molar-refractivity contribution in [1.29, 1.82) is 0 Å². The van der Waals surface area contributed by atoms with Gasteiger partial charge in [0.2, 0.25) is 0 Å². The van der Waals surface area contributed by atoms with Crippen molar-refractivity contribution in [2.45, 2.75) is 78.3 Å². The Morgan fingerprint density at radius 3 is 1.00 bits per heavy atom. The Balaban J connectivity index is 5.79. The molecule has 0 fully saturated rings. The van der Waals surface area contributed by atoms with Gasteiger partial charge in [-0.1, -0.05) is 53.1 Å². The van der Waals surface area contributed by atoms with Crippen LogP contribution in [0.15, 0.2) is 0 Å². The molecule has 0 rings (SSSR count). The molecule has 0 aromatic carbocycles. The minimum absolute atomic E-state index is 0.771. The van der Waals surface area contributed by atoms with E-state index < -0.39 is 30.9 Å². The maximum Gasteiger partial charge on any atom is 0.169 e. The molecule has 0 saturated carbocycles. The predicted octanol–water partition coefficient (Wildman–Crippen LogP) is 5.03. The van der Waals surface area contributed by atoms with E-state index >= 15 is 0 Å². The molecule has 0 N–H and O–H groups in total. The highest BCUT2D eigenvalue weighted by Crippen LogP contribution is 2.40. The number of hydrogen-bond donors (Lipinski definition) is 0. The molecule has 0 aliphatic heterocycles. The maximum atomic E-state index is 7.02. The zero-order valence-electron chi connectivity index (χ0n) is 14.0. The first-order valence-corrected chi connectivity index (χ1v) is 21.2. The molecule has 0 amide bonds. The quantitative estimate of drug-likeness (QED) is 0.648. The van der Waals surface area contributed by atoms with Gasteiger partial charge in [0.1, 0.15) is 0 Å². The molecule has 0 spiro atoms. The van der Waals surface area contributed by atoms with Crippen LogP contribution < -0.4 is 0 Å². The summed E-state index contributed by atoms with van der Waals surface area (Å²) in [6, 6.07) is 0. The SMILES string of the molecule is CC(C)[Si](O[Si](C)(C)C)([Si](C)(C)C)[Si](C)(C)C. The molecule has 0 radical (unpaired) electrons. The first-order chi connectivity index (χ1) is 7.15. The van der Waals surface area contributed by atoms with E-state index in [0.29, 0.717) is 0 Å². The lowest BCUT2D eigenvalue weighted by Crippen LogP contribution is -2.77. The van der Waals surface area contributed by atoms with E-state index in [1.54, 1.807) is 0 Å². The summed E-state index contributed by atoms with van der Waals surface area (Å²) in [7, 11) is -5.48. The highest BCUT2D eigenvalue weighted by atomic mass is 29.7. The van der Waals surface area contributed by atoms with Gasteiger partial charge < -0.3 is 4.12 Å². The fraction of sp³-hybridized carbons (Fsp3) is 1.00. The van der Waals surface area contributed by atoms with Crippen LogP contribution in [0.25, 0.3) is 0 Å². The minimum Gasteiger partial charge on any atom is -0.459 e. The zero-order chi connectivity index (χ0) is 14.3. The Kier molecular flexibility index (Phi) is 5.32. The largest absolute Gasteiger partial charge is 0.459 e. The maximum absolute atomic E-state index is 7.02. The molecule has 0 bridgehead atoms. The second kappa shape index (κ2) is 5.07. The van der Waals surface area contributed by atoms with E-state index in [1.165, 1.54) is 0 Å². The second-order valence-corrected chi connectivity index (χ2v) is 40.2. The first-order valence-electron chi connectivity index (χ1n) is 6.85. The Bertz CT molecular complexity index is 241. The Morgan fingerprint density at radius 2 is 0.941 bits per heavy atom. The van der Waals surface area contributed by atoms with Crippen LogP contribution in [0, 0.1) is 0 Å². The van der Waals surface area contributed by atoms with E-state index in [4.69, 9.17) is 4.12 Å². The van der Waals surface area contributed by atoms with Crippen molar-refractivity contribution >= 4 is 30.9 Å². The molecule has 104 valence electrons. The molecule has 0 aromatic heterocycles. The second-order valence-electron chi connectivity index (χ2n) is 8.60. The summed E-state index contributed by atoms with van der Waals surface area (Å²) in [4.78, 5) is 0. The highest BCUT2D eigenvalue weighted by molar-refractivity contribution is 7.67. The van der Waals surface area contributed by atoms with Crippen LogP contribution in [-0.2, 0) is 4.12 Å². The normalized spacial score (nSPS) is 15.5. The lowest BCUT2D eigenvalue weighted by molar-refractivity contribution is 0.557. The van der Waals surface area contributed by atoms with Gasteiger partial charge in [-0.15, -0.1) is 0 Å². The van der Waals surface area contributed by atoms with Gasteiger partial charge in [0.15, 0.2) is 15.7 Å². The predicted molar refractivity (Wildman–Crippen MR) is 92.0 cm³/mol. The molecule has 0 atom stereocenters. The Labute approximate surface area is 113 Å². The van der Waals surface area contributed by atoms with Crippen molar-refractivity contribution in [3.05, 3.63) is 0 Å². The molecule has 5 heteroatoms. The zero-order valence-corrected chi connectivity index (χ0v) is 18.0. The third-order valence-electron chi connectivity index (χ3n) is 3.51. The number of rotatable bonds is 5. The smallest absolute Gasteiger partial charge is 0.169 e. The van der Waals surface area contributed by atoms with Gasteiger partial charge in [-0.2, -0.15) is 0 Å². The van der Waals surface area contributed by atoms with Gasteiger partial charge in [0.25, 0.3) is 0 Å². The summed E-state index contributed by atoms with van der Waals surface area (Å²) in [5, 5.41) is 0. The van der Waals surface area contributed by atoms with E-state index in [0.717, 1.165) is 5.54 Å². The standard InChI is InChI=1S/C12H34OSi4/c1-12(2)17(15(6,7)8,16(9,10)11)13-14(3,4)5/h12H,1-11H3. The van der Waals surface area contributed by atoms with Crippen molar-refractivity contribution in [3.8, 4) is 0 Å². The van der Waals surface area contributed by atoms with Gasteiger partial charge in [0.05, 0.1) is 15.2 Å². The number of hydrogen-bond acceptors (Lipinski definition) is 1. The van der Waals surface area contributed by atoms with E-state index in [-0.39, 0.29) is 0 Å². The van der Waals surface area contributed by atoms with Crippen molar-refractivity contribution in [3.63, 3.8) is 0 Å². The lowest BCUT2D eigenvalue weighted by atomic mass is 10.6.